The first kappa shape index (κ1) is 12.0. The lowest BCUT2D eigenvalue weighted by atomic mass is 10.2. The van der Waals surface area contributed by atoms with E-state index < -0.39 is 0 Å². The molecule has 3 aromatic rings. The monoisotopic (exact) mass is 272 g/mol. The SMILES string of the molecule is Cc1c(Cl)cccc1NCn1nnc2ccccc21. The summed E-state index contributed by atoms with van der Waals surface area (Å²) in [5, 5.41) is 12.3. The van der Waals surface area contributed by atoms with Crippen LogP contribution in [0.2, 0.25) is 5.02 Å². The molecule has 5 heteroatoms. The summed E-state index contributed by atoms with van der Waals surface area (Å²) in [5.41, 5.74) is 3.95. The van der Waals surface area contributed by atoms with Crippen molar-refractivity contribution in [2.75, 3.05) is 5.32 Å². The van der Waals surface area contributed by atoms with Gasteiger partial charge in [-0.05, 0) is 36.8 Å². The molecule has 0 radical (unpaired) electrons. The molecule has 0 bridgehead atoms. The number of benzene rings is 2. The lowest BCUT2D eigenvalue weighted by molar-refractivity contribution is 0.655. The van der Waals surface area contributed by atoms with Crippen LogP contribution in [-0.4, -0.2) is 15.0 Å². The van der Waals surface area contributed by atoms with Crippen LogP contribution in [0.3, 0.4) is 0 Å². The number of rotatable bonds is 3. The van der Waals surface area contributed by atoms with Gasteiger partial charge in [-0.3, -0.25) is 0 Å². The Balaban J connectivity index is 1.84. The third-order valence-corrected chi connectivity index (χ3v) is 3.52. The van der Waals surface area contributed by atoms with Crippen LogP contribution in [-0.2, 0) is 6.67 Å². The van der Waals surface area contributed by atoms with Gasteiger partial charge in [-0.2, -0.15) is 0 Å². The zero-order valence-corrected chi connectivity index (χ0v) is 11.2. The van der Waals surface area contributed by atoms with Crippen molar-refractivity contribution < 1.29 is 0 Å². The Hall–Kier alpha value is -2.07. The molecular weight excluding hydrogens is 260 g/mol. The van der Waals surface area contributed by atoms with Crippen molar-refractivity contribution in [1.82, 2.24) is 15.0 Å². The topological polar surface area (TPSA) is 42.7 Å². The zero-order valence-electron chi connectivity index (χ0n) is 10.5. The summed E-state index contributed by atoms with van der Waals surface area (Å²) < 4.78 is 1.83. The molecule has 0 unspecified atom stereocenters. The van der Waals surface area contributed by atoms with E-state index in [2.05, 4.69) is 15.6 Å². The average Bonchev–Trinajstić information content (AvgIpc) is 2.84. The van der Waals surface area contributed by atoms with E-state index in [0.29, 0.717) is 6.67 Å². The lowest BCUT2D eigenvalue weighted by Gasteiger charge is -2.10. The highest BCUT2D eigenvalue weighted by molar-refractivity contribution is 6.31. The number of nitrogens with one attached hydrogen (secondary N) is 1. The van der Waals surface area contributed by atoms with Crippen LogP contribution in [0.5, 0.6) is 0 Å². The smallest absolute Gasteiger partial charge is 0.113 e. The number of hydrogen-bond acceptors (Lipinski definition) is 3. The van der Waals surface area contributed by atoms with Crippen molar-refractivity contribution in [3.05, 3.63) is 53.1 Å². The van der Waals surface area contributed by atoms with Crippen LogP contribution in [0, 0.1) is 6.92 Å². The summed E-state index contributed by atoms with van der Waals surface area (Å²) in [6.45, 7) is 2.55. The quantitative estimate of drug-likeness (QED) is 0.794. The van der Waals surface area contributed by atoms with Crippen LogP contribution < -0.4 is 5.32 Å². The van der Waals surface area contributed by atoms with Crippen LogP contribution >= 0.6 is 11.6 Å². The normalized spacial score (nSPS) is 10.8. The molecule has 0 amide bonds. The van der Waals surface area contributed by atoms with Crippen molar-refractivity contribution >= 4 is 28.3 Å². The predicted molar refractivity (Wildman–Crippen MR) is 77.3 cm³/mol. The molecule has 4 nitrogen and oxygen atoms in total. The van der Waals surface area contributed by atoms with Crippen LogP contribution in [0.1, 0.15) is 5.56 Å². The van der Waals surface area contributed by atoms with Gasteiger partial charge in [0.05, 0.1) is 5.52 Å². The van der Waals surface area contributed by atoms with Gasteiger partial charge in [0.1, 0.15) is 12.2 Å². The molecule has 19 heavy (non-hydrogen) atoms. The molecule has 0 aliphatic rings. The minimum Gasteiger partial charge on any atom is -0.366 e. The summed E-state index contributed by atoms with van der Waals surface area (Å²) in [6.07, 6.45) is 0. The maximum atomic E-state index is 6.09. The Labute approximate surface area is 116 Å². The molecule has 1 aromatic heterocycles. The molecule has 0 saturated carbocycles. The highest BCUT2D eigenvalue weighted by Gasteiger charge is 2.04. The van der Waals surface area contributed by atoms with Gasteiger partial charge in [-0.1, -0.05) is 35.0 Å². The van der Waals surface area contributed by atoms with E-state index >= 15 is 0 Å². The van der Waals surface area contributed by atoms with Gasteiger partial charge in [0.25, 0.3) is 0 Å². The third kappa shape index (κ3) is 2.27. The number of aromatic nitrogens is 3. The number of nitrogens with zero attached hydrogens (tertiary/aromatic N) is 3. The van der Waals surface area contributed by atoms with Crippen molar-refractivity contribution in [2.24, 2.45) is 0 Å². The zero-order chi connectivity index (χ0) is 13.2. The maximum absolute atomic E-state index is 6.09. The maximum Gasteiger partial charge on any atom is 0.113 e. The highest BCUT2D eigenvalue weighted by Crippen LogP contribution is 2.23. The second-order valence-electron chi connectivity index (χ2n) is 4.32. The standard InChI is InChI=1S/C14H13ClN4/c1-10-11(15)5-4-7-12(10)16-9-19-14-8-3-2-6-13(14)17-18-19/h2-8,16H,9H2,1H3. The van der Waals surface area contributed by atoms with Crippen LogP contribution in [0.15, 0.2) is 42.5 Å². The fourth-order valence-electron chi connectivity index (χ4n) is 1.99. The minimum atomic E-state index is 0.557. The Morgan fingerprint density at radius 1 is 1.16 bits per heavy atom. The van der Waals surface area contributed by atoms with Crippen molar-refractivity contribution in [2.45, 2.75) is 13.6 Å². The number of halogens is 1. The summed E-state index contributed by atoms with van der Waals surface area (Å²) in [6, 6.07) is 13.7. The first-order valence-electron chi connectivity index (χ1n) is 6.03. The molecule has 96 valence electrons. The van der Waals surface area contributed by atoms with Crippen LogP contribution in [0.4, 0.5) is 5.69 Å². The largest absolute Gasteiger partial charge is 0.366 e. The first-order chi connectivity index (χ1) is 9.25. The number of anilines is 1. The Kier molecular flexibility index (Phi) is 3.09. The molecule has 0 spiro atoms. The first-order valence-corrected chi connectivity index (χ1v) is 6.41. The molecule has 0 aliphatic carbocycles. The molecular formula is C14H13ClN4. The fourth-order valence-corrected chi connectivity index (χ4v) is 2.17. The van der Waals surface area contributed by atoms with E-state index in [4.69, 9.17) is 11.6 Å². The summed E-state index contributed by atoms with van der Waals surface area (Å²) in [4.78, 5) is 0. The Morgan fingerprint density at radius 2 is 2.00 bits per heavy atom. The van der Waals surface area contributed by atoms with Gasteiger partial charge in [0.15, 0.2) is 0 Å². The van der Waals surface area contributed by atoms with Gasteiger partial charge in [-0.15, -0.1) is 5.10 Å². The summed E-state index contributed by atoms with van der Waals surface area (Å²) >= 11 is 6.09. The predicted octanol–water partition coefficient (Wildman–Crippen LogP) is 3.46. The molecule has 1 heterocycles. The molecule has 0 fully saturated rings. The van der Waals surface area contributed by atoms with Gasteiger partial charge < -0.3 is 5.32 Å². The number of fused-ring (bicyclic) bond motifs is 1. The molecule has 2 aromatic carbocycles. The average molecular weight is 273 g/mol. The van der Waals surface area contributed by atoms with Gasteiger partial charge in [-0.25, -0.2) is 4.68 Å². The molecule has 0 atom stereocenters. The van der Waals surface area contributed by atoms with E-state index in [1.54, 1.807) is 0 Å². The minimum absolute atomic E-state index is 0.557. The fraction of sp³-hybridized carbons (Fsp3) is 0.143. The lowest BCUT2D eigenvalue weighted by Crippen LogP contribution is -2.10. The van der Waals surface area contributed by atoms with E-state index in [9.17, 15) is 0 Å². The third-order valence-electron chi connectivity index (χ3n) is 3.11. The summed E-state index contributed by atoms with van der Waals surface area (Å²) in [7, 11) is 0. The summed E-state index contributed by atoms with van der Waals surface area (Å²) in [5.74, 6) is 0. The molecule has 0 aliphatic heterocycles. The molecule has 1 N–H and O–H groups in total. The van der Waals surface area contributed by atoms with E-state index in [1.165, 1.54) is 0 Å². The molecule has 3 rings (SSSR count). The van der Waals surface area contributed by atoms with Gasteiger partial charge >= 0.3 is 0 Å². The van der Waals surface area contributed by atoms with E-state index in [0.717, 1.165) is 27.3 Å². The van der Waals surface area contributed by atoms with Gasteiger partial charge in [0, 0.05) is 10.7 Å². The van der Waals surface area contributed by atoms with E-state index in [-0.39, 0.29) is 0 Å². The second kappa shape index (κ2) is 4.90. The molecule has 0 saturated heterocycles. The van der Waals surface area contributed by atoms with Crippen molar-refractivity contribution in [3.8, 4) is 0 Å². The Bertz CT molecular complexity index is 720. The van der Waals surface area contributed by atoms with Gasteiger partial charge in [0.2, 0.25) is 0 Å². The van der Waals surface area contributed by atoms with Crippen molar-refractivity contribution in [3.63, 3.8) is 0 Å². The van der Waals surface area contributed by atoms with Crippen molar-refractivity contribution in [1.29, 1.82) is 0 Å². The number of para-hydroxylation sites is 1. The highest BCUT2D eigenvalue weighted by atomic mass is 35.5. The number of hydrogen-bond donors (Lipinski definition) is 1. The second-order valence-corrected chi connectivity index (χ2v) is 4.73. The van der Waals surface area contributed by atoms with Crippen LogP contribution in [0.25, 0.3) is 11.0 Å². The Morgan fingerprint density at radius 3 is 2.89 bits per heavy atom. The van der Waals surface area contributed by atoms with E-state index in [1.807, 2.05) is 54.1 Å².